The number of hydrogen-bond donors (Lipinski definition) is 1. The van der Waals surface area contributed by atoms with Gasteiger partial charge < -0.3 is 5.11 Å². The Hall–Kier alpha value is -1.61. The zero-order chi connectivity index (χ0) is 15.2. The van der Waals surface area contributed by atoms with Gasteiger partial charge in [-0.1, -0.05) is 18.2 Å². The Labute approximate surface area is 135 Å². The highest BCUT2D eigenvalue weighted by molar-refractivity contribution is 14.1. The second-order valence-corrected chi connectivity index (χ2v) is 7.43. The number of rotatable bonds is 2. The normalized spacial score (nSPS) is 11.9. The Morgan fingerprint density at radius 2 is 1.95 bits per heavy atom. The summed E-state index contributed by atoms with van der Waals surface area (Å²) >= 11 is 1.93. The smallest absolute Gasteiger partial charge is 0.270 e. The number of aryl methyl sites for hydroxylation is 1. The van der Waals surface area contributed by atoms with Crippen LogP contribution in [-0.2, 0) is 10.0 Å². The van der Waals surface area contributed by atoms with Crippen LogP contribution in [0.4, 0.5) is 0 Å². The molecule has 0 atom stereocenters. The molecule has 0 amide bonds. The highest BCUT2D eigenvalue weighted by Crippen LogP contribution is 2.30. The fraction of sp³-hybridized carbons (Fsp3) is 0.0714. The van der Waals surface area contributed by atoms with Crippen LogP contribution in [0.15, 0.2) is 47.5 Å². The number of aromatic nitrogens is 2. The molecule has 21 heavy (non-hydrogen) atoms. The van der Waals surface area contributed by atoms with Crippen molar-refractivity contribution in [2.75, 3.05) is 0 Å². The van der Waals surface area contributed by atoms with Gasteiger partial charge in [-0.15, -0.1) is 0 Å². The van der Waals surface area contributed by atoms with Crippen LogP contribution < -0.4 is 0 Å². The van der Waals surface area contributed by atoms with Gasteiger partial charge in [-0.2, -0.15) is 0 Å². The number of hydrogen-bond acceptors (Lipinski definition) is 4. The van der Waals surface area contributed by atoms with Gasteiger partial charge in [-0.3, -0.25) is 0 Å². The number of aromatic hydroxyl groups is 1. The molecule has 3 aromatic rings. The first-order chi connectivity index (χ1) is 9.93. The van der Waals surface area contributed by atoms with Crippen LogP contribution in [-0.4, -0.2) is 22.5 Å². The third-order valence-electron chi connectivity index (χ3n) is 3.21. The monoisotopic (exact) mass is 414 g/mol. The summed E-state index contributed by atoms with van der Waals surface area (Å²) in [5, 5.41) is 10.3. The minimum Gasteiger partial charge on any atom is -0.507 e. The Balaban J connectivity index is 2.38. The van der Waals surface area contributed by atoms with E-state index in [-0.39, 0.29) is 16.3 Å². The fourth-order valence-corrected chi connectivity index (χ4v) is 5.10. The second-order valence-electron chi connectivity index (χ2n) is 4.57. The molecule has 7 heteroatoms. The summed E-state index contributed by atoms with van der Waals surface area (Å²) in [6.45, 7) is 1.75. The molecule has 1 N–H and O–H groups in total. The Morgan fingerprint density at radius 1 is 1.24 bits per heavy atom. The molecule has 0 aliphatic rings. The SMILES string of the molecule is Cc1ccccc1S(=O)(=O)n1c(I)cc2c(O)ccnc21. The van der Waals surface area contributed by atoms with Crippen LogP contribution in [0, 0.1) is 10.6 Å². The molecule has 0 saturated heterocycles. The average Bonchev–Trinajstić information content (AvgIpc) is 2.77. The Kier molecular flexibility index (Phi) is 3.40. The lowest BCUT2D eigenvalue weighted by molar-refractivity contribution is 0.481. The summed E-state index contributed by atoms with van der Waals surface area (Å²) in [4.78, 5) is 4.33. The van der Waals surface area contributed by atoms with Crippen molar-refractivity contribution in [3.05, 3.63) is 51.9 Å². The number of nitrogens with zero attached hydrogens (tertiary/aromatic N) is 2. The van der Waals surface area contributed by atoms with E-state index in [0.717, 1.165) is 3.97 Å². The maximum Gasteiger partial charge on any atom is 0.270 e. The maximum atomic E-state index is 12.9. The lowest BCUT2D eigenvalue weighted by Gasteiger charge is -2.10. The van der Waals surface area contributed by atoms with Gasteiger partial charge in [0, 0.05) is 6.20 Å². The standard InChI is InChI=1S/C14H11IN2O3S/c1-9-4-2-3-5-12(9)21(19,20)17-13(15)8-10-11(18)6-7-16-14(10)17/h2-8H,1H3,(H,16,18). The molecule has 0 saturated carbocycles. The Morgan fingerprint density at radius 3 is 2.67 bits per heavy atom. The van der Waals surface area contributed by atoms with E-state index >= 15 is 0 Å². The van der Waals surface area contributed by atoms with Crippen molar-refractivity contribution >= 4 is 43.6 Å². The van der Waals surface area contributed by atoms with Crippen molar-refractivity contribution in [1.29, 1.82) is 0 Å². The van der Waals surface area contributed by atoms with E-state index in [1.54, 1.807) is 37.3 Å². The largest absolute Gasteiger partial charge is 0.507 e. The average molecular weight is 414 g/mol. The lowest BCUT2D eigenvalue weighted by Crippen LogP contribution is -2.16. The van der Waals surface area contributed by atoms with Crippen LogP contribution in [0.3, 0.4) is 0 Å². The van der Waals surface area contributed by atoms with E-state index in [2.05, 4.69) is 4.98 Å². The summed E-state index contributed by atoms with van der Waals surface area (Å²) in [5.74, 6) is 0.0108. The van der Waals surface area contributed by atoms with Gasteiger partial charge in [0.1, 0.15) is 5.75 Å². The third-order valence-corrected chi connectivity index (χ3v) is 6.19. The van der Waals surface area contributed by atoms with Gasteiger partial charge in [0.05, 0.1) is 14.0 Å². The molecule has 0 bridgehead atoms. The number of benzene rings is 1. The molecule has 0 spiro atoms. The highest BCUT2D eigenvalue weighted by Gasteiger charge is 2.25. The molecule has 0 aliphatic heterocycles. The van der Waals surface area contributed by atoms with Crippen molar-refractivity contribution in [2.24, 2.45) is 0 Å². The van der Waals surface area contributed by atoms with E-state index < -0.39 is 10.0 Å². The topological polar surface area (TPSA) is 72.2 Å². The second kappa shape index (κ2) is 4.99. The minimum atomic E-state index is -3.76. The van der Waals surface area contributed by atoms with Crippen molar-refractivity contribution in [1.82, 2.24) is 8.96 Å². The molecule has 2 aromatic heterocycles. The number of pyridine rings is 1. The zero-order valence-electron chi connectivity index (χ0n) is 11.0. The van der Waals surface area contributed by atoms with Gasteiger partial charge in [0.2, 0.25) is 0 Å². The van der Waals surface area contributed by atoms with E-state index in [0.29, 0.717) is 14.7 Å². The lowest BCUT2D eigenvalue weighted by atomic mass is 10.2. The van der Waals surface area contributed by atoms with Crippen LogP contribution in [0.2, 0.25) is 0 Å². The van der Waals surface area contributed by atoms with Crippen LogP contribution >= 0.6 is 22.6 Å². The summed E-state index contributed by atoms with van der Waals surface area (Å²) in [5.41, 5.74) is 0.887. The van der Waals surface area contributed by atoms with Crippen molar-refractivity contribution in [3.8, 4) is 5.75 Å². The van der Waals surface area contributed by atoms with E-state index in [9.17, 15) is 13.5 Å². The van der Waals surface area contributed by atoms with Crippen LogP contribution in [0.25, 0.3) is 11.0 Å². The predicted octanol–water partition coefficient (Wildman–Crippen LogP) is 2.89. The van der Waals surface area contributed by atoms with Crippen LogP contribution in [0.1, 0.15) is 5.56 Å². The van der Waals surface area contributed by atoms with Crippen molar-refractivity contribution in [3.63, 3.8) is 0 Å². The fourth-order valence-electron chi connectivity index (χ4n) is 2.20. The molecule has 108 valence electrons. The molecular formula is C14H11IN2O3S. The molecule has 0 aliphatic carbocycles. The van der Waals surface area contributed by atoms with Crippen molar-refractivity contribution in [2.45, 2.75) is 11.8 Å². The predicted molar refractivity (Wildman–Crippen MR) is 87.9 cm³/mol. The van der Waals surface area contributed by atoms with Gasteiger partial charge >= 0.3 is 0 Å². The molecular weight excluding hydrogens is 403 g/mol. The first kappa shape index (κ1) is 14.3. The van der Waals surface area contributed by atoms with Crippen molar-refractivity contribution < 1.29 is 13.5 Å². The Bertz CT molecular complexity index is 948. The zero-order valence-corrected chi connectivity index (χ0v) is 14.0. The summed E-state index contributed by atoms with van der Waals surface area (Å²) in [6, 6.07) is 9.82. The van der Waals surface area contributed by atoms with E-state index in [4.69, 9.17) is 0 Å². The van der Waals surface area contributed by atoms with E-state index in [1.807, 2.05) is 22.6 Å². The third kappa shape index (κ3) is 2.20. The molecule has 2 heterocycles. The first-order valence-corrected chi connectivity index (χ1v) is 8.61. The molecule has 0 radical (unpaired) electrons. The van der Waals surface area contributed by atoms with Gasteiger partial charge in [0.25, 0.3) is 10.0 Å². The first-order valence-electron chi connectivity index (χ1n) is 6.09. The highest BCUT2D eigenvalue weighted by atomic mass is 127. The van der Waals surface area contributed by atoms with E-state index in [1.165, 1.54) is 12.3 Å². The quantitative estimate of drug-likeness (QED) is 0.655. The number of halogens is 1. The summed E-state index contributed by atoms with van der Waals surface area (Å²) in [6.07, 6.45) is 1.39. The summed E-state index contributed by atoms with van der Waals surface area (Å²) < 4.78 is 27.4. The molecule has 1 aromatic carbocycles. The molecule has 0 fully saturated rings. The minimum absolute atomic E-state index is 0.0108. The molecule has 5 nitrogen and oxygen atoms in total. The molecule has 3 rings (SSSR count). The van der Waals surface area contributed by atoms with Crippen LogP contribution in [0.5, 0.6) is 5.75 Å². The van der Waals surface area contributed by atoms with Gasteiger partial charge in [-0.25, -0.2) is 17.4 Å². The van der Waals surface area contributed by atoms with Gasteiger partial charge in [0.15, 0.2) is 5.65 Å². The van der Waals surface area contributed by atoms with Gasteiger partial charge in [-0.05, 0) is 53.3 Å². The maximum absolute atomic E-state index is 12.9. The number of fused-ring (bicyclic) bond motifs is 1. The molecule has 0 unspecified atom stereocenters. The summed E-state index contributed by atoms with van der Waals surface area (Å²) in [7, 11) is -3.76.